The molecule has 76 valence electrons. The smallest absolute Gasteiger partial charge is 0.130 e. The molecule has 1 fully saturated rings. The van der Waals surface area contributed by atoms with Crippen molar-refractivity contribution in [2.75, 3.05) is 6.54 Å². The van der Waals surface area contributed by atoms with E-state index in [1.165, 1.54) is 12.8 Å². The Morgan fingerprint density at radius 2 is 2.21 bits per heavy atom. The molecule has 2 nitrogen and oxygen atoms in total. The minimum absolute atomic E-state index is 0.348. The van der Waals surface area contributed by atoms with Gasteiger partial charge in [0.1, 0.15) is 5.15 Å². The fourth-order valence-electron chi connectivity index (χ4n) is 1.79. The number of aromatic nitrogens is 1. The van der Waals surface area contributed by atoms with E-state index in [9.17, 15) is 0 Å². The van der Waals surface area contributed by atoms with Gasteiger partial charge < -0.3 is 5.32 Å². The van der Waals surface area contributed by atoms with Crippen LogP contribution in [-0.2, 0) is 0 Å². The molecular formula is C10H12Cl2N2. The Kier molecular flexibility index (Phi) is 3.26. The van der Waals surface area contributed by atoms with Gasteiger partial charge in [-0.3, -0.25) is 0 Å². The van der Waals surface area contributed by atoms with Crippen LogP contribution in [0.4, 0.5) is 0 Å². The standard InChI is InChI=1S/C10H12Cl2N2/c11-8-5-10(12)14-6-7(8)9-3-1-2-4-13-9/h5-6,9,13H,1-4H2. The maximum absolute atomic E-state index is 6.10. The van der Waals surface area contributed by atoms with Crippen LogP contribution in [0.3, 0.4) is 0 Å². The van der Waals surface area contributed by atoms with Crippen molar-refractivity contribution in [3.8, 4) is 0 Å². The van der Waals surface area contributed by atoms with Crippen LogP contribution >= 0.6 is 23.2 Å². The first kappa shape index (κ1) is 10.2. The van der Waals surface area contributed by atoms with E-state index in [1.54, 1.807) is 12.3 Å². The lowest BCUT2D eigenvalue weighted by Crippen LogP contribution is -2.27. The summed E-state index contributed by atoms with van der Waals surface area (Å²) in [6, 6.07) is 2.05. The minimum Gasteiger partial charge on any atom is -0.310 e. The average molecular weight is 231 g/mol. The van der Waals surface area contributed by atoms with Gasteiger partial charge in [-0.15, -0.1) is 0 Å². The number of pyridine rings is 1. The Morgan fingerprint density at radius 3 is 2.86 bits per heavy atom. The molecule has 1 saturated heterocycles. The van der Waals surface area contributed by atoms with Crippen molar-refractivity contribution < 1.29 is 0 Å². The molecule has 1 aromatic heterocycles. The van der Waals surface area contributed by atoms with Gasteiger partial charge in [-0.25, -0.2) is 4.98 Å². The van der Waals surface area contributed by atoms with E-state index in [2.05, 4.69) is 10.3 Å². The molecule has 0 aromatic carbocycles. The van der Waals surface area contributed by atoms with Crippen molar-refractivity contribution in [1.82, 2.24) is 10.3 Å². The lowest BCUT2D eigenvalue weighted by Gasteiger charge is -2.24. The third kappa shape index (κ3) is 2.19. The molecule has 14 heavy (non-hydrogen) atoms. The van der Waals surface area contributed by atoms with E-state index in [4.69, 9.17) is 23.2 Å². The summed E-state index contributed by atoms with van der Waals surface area (Å²) in [5.74, 6) is 0. The van der Waals surface area contributed by atoms with Gasteiger partial charge in [-0.1, -0.05) is 29.6 Å². The van der Waals surface area contributed by atoms with Gasteiger partial charge in [0, 0.05) is 22.8 Å². The Labute approximate surface area is 93.6 Å². The summed E-state index contributed by atoms with van der Waals surface area (Å²) in [6.45, 7) is 1.06. The summed E-state index contributed by atoms with van der Waals surface area (Å²) in [5.41, 5.74) is 1.07. The molecule has 2 rings (SSSR count). The van der Waals surface area contributed by atoms with E-state index in [-0.39, 0.29) is 0 Å². The van der Waals surface area contributed by atoms with E-state index in [0.29, 0.717) is 16.2 Å². The van der Waals surface area contributed by atoms with Gasteiger partial charge in [0.2, 0.25) is 0 Å². The zero-order chi connectivity index (χ0) is 9.97. The predicted octanol–water partition coefficient (Wildman–Crippen LogP) is 3.20. The quantitative estimate of drug-likeness (QED) is 0.750. The molecule has 0 bridgehead atoms. The van der Waals surface area contributed by atoms with Crippen LogP contribution in [0.25, 0.3) is 0 Å². The van der Waals surface area contributed by atoms with Crippen molar-refractivity contribution in [1.29, 1.82) is 0 Å². The second-order valence-electron chi connectivity index (χ2n) is 3.53. The van der Waals surface area contributed by atoms with Crippen molar-refractivity contribution in [3.63, 3.8) is 0 Å². The average Bonchev–Trinajstić information content (AvgIpc) is 2.19. The molecule has 4 heteroatoms. The minimum atomic E-state index is 0.348. The van der Waals surface area contributed by atoms with Crippen molar-refractivity contribution in [2.45, 2.75) is 25.3 Å². The third-order valence-electron chi connectivity index (χ3n) is 2.53. The van der Waals surface area contributed by atoms with Crippen LogP contribution in [0.2, 0.25) is 10.2 Å². The second kappa shape index (κ2) is 4.47. The fourth-order valence-corrected chi connectivity index (χ4v) is 2.29. The van der Waals surface area contributed by atoms with Crippen molar-refractivity contribution in [3.05, 3.63) is 28.0 Å². The van der Waals surface area contributed by atoms with Gasteiger partial charge in [-0.05, 0) is 25.5 Å². The number of hydrogen-bond acceptors (Lipinski definition) is 2. The van der Waals surface area contributed by atoms with Crippen LogP contribution in [0, 0.1) is 0 Å². The molecule has 1 unspecified atom stereocenters. The number of nitrogens with one attached hydrogen (secondary N) is 1. The highest BCUT2D eigenvalue weighted by atomic mass is 35.5. The molecule has 0 saturated carbocycles. The summed E-state index contributed by atoms with van der Waals surface area (Å²) in [7, 11) is 0. The van der Waals surface area contributed by atoms with Gasteiger partial charge >= 0.3 is 0 Å². The lowest BCUT2D eigenvalue weighted by atomic mass is 9.99. The molecule has 0 aliphatic carbocycles. The first-order valence-corrected chi connectivity index (χ1v) is 5.57. The van der Waals surface area contributed by atoms with Gasteiger partial charge in [0.05, 0.1) is 0 Å². The molecule has 1 aromatic rings. The van der Waals surface area contributed by atoms with Crippen LogP contribution in [-0.4, -0.2) is 11.5 Å². The molecule has 1 N–H and O–H groups in total. The summed E-state index contributed by atoms with van der Waals surface area (Å²) in [4.78, 5) is 4.06. The highest BCUT2D eigenvalue weighted by Crippen LogP contribution is 2.29. The summed E-state index contributed by atoms with van der Waals surface area (Å²) >= 11 is 11.8. The number of hydrogen-bond donors (Lipinski definition) is 1. The molecule has 1 aliphatic heterocycles. The SMILES string of the molecule is Clc1cc(Cl)c(C2CCCCN2)cn1. The molecular weight excluding hydrogens is 219 g/mol. The Balaban J connectivity index is 2.22. The third-order valence-corrected chi connectivity index (χ3v) is 3.07. The molecule has 2 heterocycles. The molecule has 1 atom stereocenters. The topological polar surface area (TPSA) is 24.9 Å². The molecule has 0 spiro atoms. The second-order valence-corrected chi connectivity index (χ2v) is 4.33. The van der Waals surface area contributed by atoms with E-state index in [0.717, 1.165) is 18.5 Å². The largest absolute Gasteiger partial charge is 0.310 e. The summed E-state index contributed by atoms with van der Waals surface area (Å²) in [6.07, 6.45) is 5.39. The van der Waals surface area contributed by atoms with Crippen molar-refractivity contribution >= 4 is 23.2 Å². The van der Waals surface area contributed by atoms with Crippen molar-refractivity contribution in [2.24, 2.45) is 0 Å². The highest BCUT2D eigenvalue weighted by molar-refractivity contribution is 6.34. The highest BCUT2D eigenvalue weighted by Gasteiger charge is 2.17. The Bertz CT molecular complexity index is 322. The normalized spacial score (nSPS) is 22.3. The van der Waals surface area contributed by atoms with Crippen LogP contribution < -0.4 is 5.32 Å². The van der Waals surface area contributed by atoms with E-state index >= 15 is 0 Å². The number of nitrogens with zero attached hydrogens (tertiary/aromatic N) is 1. The van der Waals surface area contributed by atoms with Gasteiger partial charge in [0.15, 0.2) is 0 Å². The zero-order valence-corrected chi connectivity index (χ0v) is 9.28. The van der Waals surface area contributed by atoms with Crippen LogP contribution in [0.1, 0.15) is 30.9 Å². The lowest BCUT2D eigenvalue weighted by molar-refractivity contribution is 0.412. The molecule has 0 amide bonds. The first-order valence-electron chi connectivity index (χ1n) is 4.81. The summed E-state index contributed by atoms with van der Waals surface area (Å²) in [5, 5.41) is 4.59. The fraction of sp³-hybridized carbons (Fsp3) is 0.500. The number of rotatable bonds is 1. The number of halogens is 2. The monoisotopic (exact) mass is 230 g/mol. The van der Waals surface area contributed by atoms with E-state index in [1.807, 2.05) is 0 Å². The molecule has 0 radical (unpaired) electrons. The Morgan fingerprint density at radius 1 is 1.36 bits per heavy atom. The van der Waals surface area contributed by atoms with Gasteiger partial charge in [-0.2, -0.15) is 0 Å². The maximum Gasteiger partial charge on any atom is 0.130 e. The van der Waals surface area contributed by atoms with Gasteiger partial charge in [0.25, 0.3) is 0 Å². The van der Waals surface area contributed by atoms with Crippen LogP contribution in [0.5, 0.6) is 0 Å². The zero-order valence-electron chi connectivity index (χ0n) is 7.76. The Hall–Kier alpha value is -0.310. The van der Waals surface area contributed by atoms with E-state index < -0.39 is 0 Å². The predicted molar refractivity (Wildman–Crippen MR) is 58.9 cm³/mol. The maximum atomic E-state index is 6.10. The summed E-state index contributed by atoms with van der Waals surface area (Å²) < 4.78 is 0. The first-order chi connectivity index (χ1) is 6.77. The number of piperidine rings is 1. The molecule has 1 aliphatic rings. The van der Waals surface area contributed by atoms with Crippen LogP contribution in [0.15, 0.2) is 12.3 Å².